The Labute approximate surface area is 84.5 Å². The lowest BCUT2D eigenvalue weighted by Crippen LogP contribution is -2.53. The molecule has 0 aromatic rings. The fourth-order valence-corrected chi connectivity index (χ4v) is 2.61. The molecule has 1 atom stereocenters. The van der Waals surface area contributed by atoms with Gasteiger partial charge >= 0.3 is 5.97 Å². The van der Waals surface area contributed by atoms with Gasteiger partial charge in [-0.2, -0.15) is 0 Å². The van der Waals surface area contributed by atoms with Crippen LogP contribution in [-0.4, -0.2) is 34.6 Å². The van der Waals surface area contributed by atoms with Crippen LogP contribution in [0.15, 0.2) is 0 Å². The Balaban J connectivity index is 0.000000845. The van der Waals surface area contributed by atoms with Crippen LogP contribution in [0.5, 0.6) is 0 Å². The monoisotopic (exact) mass is 205 g/mol. The maximum atomic E-state index is 11.1. The van der Waals surface area contributed by atoms with Gasteiger partial charge in [0.15, 0.2) is 0 Å². The minimum absolute atomic E-state index is 0. The Kier molecular flexibility index (Phi) is 3.19. The molecule has 0 aromatic carbocycles. The number of fused-ring (bicyclic) bond motifs is 1. The minimum Gasteiger partial charge on any atom is -0.480 e. The zero-order valence-corrected chi connectivity index (χ0v) is 8.48. The molecule has 2 aliphatic rings. The van der Waals surface area contributed by atoms with Crippen LogP contribution in [0.3, 0.4) is 0 Å². The molecule has 0 amide bonds. The van der Waals surface area contributed by atoms with Gasteiger partial charge in [-0.1, -0.05) is 0 Å². The van der Waals surface area contributed by atoms with Crippen molar-refractivity contribution in [3.05, 3.63) is 0 Å². The first-order chi connectivity index (χ1) is 5.76. The maximum absolute atomic E-state index is 11.1. The highest BCUT2D eigenvalue weighted by molar-refractivity contribution is 5.85. The highest BCUT2D eigenvalue weighted by Gasteiger charge is 2.48. The SMILES string of the molecule is Cl.O=C(O)C12CCCCN1CCC2. The van der Waals surface area contributed by atoms with Crippen molar-refractivity contribution in [3.8, 4) is 0 Å². The van der Waals surface area contributed by atoms with E-state index in [0.717, 1.165) is 38.8 Å². The number of carboxylic acid groups (broad SMARTS) is 1. The van der Waals surface area contributed by atoms with E-state index < -0.39 is 11.5 Å². The number of halogens is 1. The summed E-state index contributed by atoms with van der Waals surface area (Å²) in [5, 5.41) is 9.16. The number of hydrogen-bond donors (Lipinski definition) is 1. The van der Waals surface area contributed by atoms with Gasteiger partial charge in [0.05, 0.1) is 0 Å². The highest BCUT2D eigenvalue weighted by Crippen LogP contribution is 2.37. The van der Waals surface area contributed by atoms with Crippen LogP contribution in [0.1, 0.15) is 32.1 Å². The molecule has 13 heavy (non-hydrogen) atoms. The zero-order valence-electron chi connectivity index (χ0n) is 7.66. The lowest BCUT2D eigenvalue weighted by molar-refractivity contribution is -0.151. The third-order valence-electron chi connectivity index (χ3n) is 3.29. The summed E-state index contributed by atoms with van der Waals surface area (Å²) in [4.78, 5) is 13.3. The summed E-state index contributed by atoms with van der Waals surface area (Å²) >= 11 is 0. The molecule has 0 aliphatic carbocycles. The molecule has 3 nitrogen and oxygen atoms in total. The van der Waals surface area contributed by atoms with Crippen molar-refractivity contribution in [1.29, 1.82) is 0 Å². The molecule has 0 aromatic heterocycles. The Morgan fingerprint density at radius 2 is 1.77 bits per heavy atom. The van der Waals surface area contributed by atoms with Gasteiger partial charge in [0.2, 0.25) is 0 Å². The average molecular weight is 206 g/mol. The minimum atomic E-state index is -0.598. The third-order valence-corrected chi connectivity index (χ3v) is 3.29. The molecule has 0 radical (unpaired) electrons. The Morgan fingerprint density at radius 1 is 1.15 bits per heavy atom. The molecule has 2 aliphatic heterocycles. The molecular weight excluding hydrogens is 190 g/mol. The molecular formula is C9H16ClNO2. The van der Waals surface area contributed by atoms with Gasteiger partial charge in [0, 0.05) is 0 Å². The standard InChI is InChI=1S/C9H15NO2.ClH/c11-8(12)9-4-1-2-6-10(9)7-3-5-9;/h1-7H2,(H,11,12);1H. The second-order valence-corrected chi connectivity index (χ2v) is 3.88. The second-order valence-electron chi connectivity index (χ2n) is 3.88. The van der Waals surface area contributed by atoms with E-state index in [1.165, 1.54) is 6.42 Å². The van der Waals surface area contributed by atoms with Gasteiger partial charge in [0.25, 0.3) is 0 Å². The van der Waals surface area contributed by atoms with E-state index in [0.29, 0.717) is 0 Å². The molecule has 1 unspecified atom stereocenters. The van der Waals surface area contributed by atoms with Gasteiger partial charge < -0.3 is 5.11 Å². The van der Waals surface area contributed by atoms with Crippen LogP contribution < -0.4 is 0 Å². The molecule has 0 saturated carbocycles. The van der Waals surface area contributed by atoms with Crippen molar-refractivity contribution in [2.45, 2.75) is 37.6 Å². The van der Waals surface area contributed by atoms with E-state index in [1.807, 2.05) is 0 Å². The zero-order chi connectivity index (χ0) is 8.60. The van der Waals surface area contributed by atoms with E-state index in [2.05, 4.69) is 4.90 Å². The lowest BCUT2D eigenvalue weighted by Gasteiger charge is -2.38. The number of rotatable bonds is 1. The number of nitrogens with zero attached hydrogens (tertiary/aromatic N) is 1. The van der Waals surface area contributed by atoms with Crippen LogP contribution in [0, 0.1) is 0 Å². The summed E-state index contributed by atoms with van der Waals surface area (Å²) in [7, 11) is 0. The summed E-state index contributed by atoms with van der Waals surface area (Å²) in [6, 6.07) is 0. The first-order valence-corrected chi connectivity index (χ1v) is 4.74. The quantitative estimate of drug-likeness (QED) is 0.706. The average Bonchev–Trinajstić information content (AvgIpc) is 2.48. The van der Waals surface area contributed by atoms with Crippen LogP contribution >= 0.6 is 12.4 Å². The Morgan fingerprint density at radius 3 is 2.38 bits per heavy atom. The Bertz CT molecular complexity index is 210. The van der Waals surface area contributed by atoms with Crippen molar-refractivity contribution >= 4 is 18.4 Å². The lowest BCUT2D eigenvalue weighted by atomic mass is 9.87. The predicted octanol–water partition coefficient (Wildman–Crippen LogP) is 1.51. The highest BCUT2D eigenvalue weighted by atomic mass is 35.5. The first-order valence-electron chi connectivity index (χ1n) is 4.74. The molecule has 0 bridgehead atoms. The normalized spacial score (nSPS) is 33.5. The predicted molar refractivity (Wildman–Crippen MR) is 52.3 cm³/mol. The number of aliphatic carboxylic acids is 1. The van der Waals surface area contributed by atoms with Crippen molar-refractivity contribution < 1.29 is 9.90 Å². The molecule has 76 valence electrons. The Hall–Kier alpha value is -0.280. The van der Waals surface area contributed by atoms with Crippen molar-refractivity contribution in [1.82, 2.24) is 4.90 Å². The molecule has 2 saturated heterocycles. The third kappa shape index (κ3) is 1.55. The van der Waals surface area contributed by atoms with E-state index in [1.54, 1.807) is 0 Å². The van der Waals surface area contributed by atoms with E-state index in [-0.39, 0.29) is 12.4 Å². The first kappa shape index (κ1) is 10.8. The van der Waals surface area contributed by atoms with Gasteiger partial charge in [0.1, 0.15) is 5.54 Å². The molecule has 4 heteroatoms. The summed E-state index contributed by atoms with van der Waals surface area (Å²) in [5.41, 5.74) is -0.460. The van der Waals surface area contributed by atoms with Gasteiger partial charge in [-0.15, -0.1) is 12.4 Å². The van der Waals surface area contributed by atoms with E-state index in [9.17, 15) is 4.79 Å². The topological polar surface area (TPSA) is 40.5 Å². The van der Waals surface area contributed by atoms with Crippen molar-refractivity contribution in [2.75, 3.05) is 13.1 Å². The van der Waals surface area contributed by atoms with Crippen molar-refractivity contribution in [3.63, 3.8) is 0 Å². The molecule has 2 fully saturated rings. The second kappa shape index (κ2) is 3.84. The molecule has 2 heterocycles. The van der Waals surface area contributed by atoms with E-state index in [4.69, 9.17) is 5.11 Å². The summed E-state index contributed by atoms with van der Waals surface area (Å²) < 4.78 is 0. The summed E-state index contributed by atoms with van der Waals surface area (Å²) in [6.07, 6.45) is 5.05. The van der Waals surface area contributed by atoms with Crippen LogP contribution in [0.4, 0.5) is 0 Å². The summed E-state index contributed by atoms with van der Waals surface area (Å²) in [6.45, 7) is 1.98. The molecule has 1 N–H and O–H groups in total. The largest absolute Gasteiger partial charge is 0.480 e. The maximum Gasteiger partial charge on any atom is 0.324 e. The van der Waals surface area contributed by atoms with Gasteiger partial charge in [-0.05, 0) is 45.2 Å². The number of hydrogen-bond acceptors (Lipinski definition) is 2. The fraction of sp³-hybridized carbons (Fsp3) is 0.889. The van der Waals surface area contributed by atoms with Crippen LogP contribution in [0.25, 0.3) is 0 Å². The van der Waals surface area contributed by atoms with Crippen LogP contribution in [0.2, 0.25) is 0 Å². The van der Waals surface area contributed by atoms with Crippen molar-refractivity contribution in [2.24, 2.45) is 0 Å². The van der Waals surface area contributed by atoms with Gasteiger partial charge in [-0.25, -0.2) is 0 Å². The fourth-order valence-electron chi connectivity index (χ4n) is 2.61. The number of carboxylic acids is 1. The number of piperidine rings is 1. The molecule has 2 rings (SSSR count). The number of carbonyl (C=O) groups is 1. The van der Waals surface area contributed by atoms with Crippen LogP contribution in [-0.2, 0) is 4.79 Å². The van der Waals surface area contributed by atoms with E-state index >= 15 is 0 Å². The smallest absolute Gasteiger partial charge is 0.324 e. The molecule has 0 spiro atoms. The van der Waals surface area contributed by atoms with Gasteiger partial charge in [-0.3, -0.25) is 9.69 Å². The summed E-state index contributed by atoms with van der Waals surface area (Å²) in [5.74, 6) is -0.598.